The lowest BCUT2D eigenvalue weighted by atomic mass is 9.75. The zero-order chi connectivity index (χ0) is 17.7. The zero-order valence-corrected chi connectivity index (χ0v) is 15.8. The van der Waals surface area contributed by atoms with Crippen LogP contribution >= 0.6 is 15.9 Å². The summed E-state index contributed by atoms with van der Waals surface area (Å²) in [5.74, 6) is 0.229. The number of aromatic nitrogens is 1. The molecular weight excluding hydrogens is 371 g/mol. The molecule has 3 nitrogen and oxygen atoms in total. The summed E-state index contributed by atoms with van der Waals surface area (Å²) >= 11 is 3.46. The van der Waals surface area contributed by atoms with E-state index in [1.165, 1.54) is 0 Å². The Hall–Kier alpha value is -1.75. The molecule has 2 unspecified atom stereocenters. The van der Waals surface area contributed by atoms with Crippen molar-refractivity contribution in [3.63, 3.8) is 0 Å². The first-order chi connectivity index (χ1) is 11.4. The zero-order valence-electron chi connectivity index (χ0n) is 14.2. The Morgan fingerprint density at radius 1 is 1.54 bits per heavy atom. The van der Waals surface area contributed by atoms with E-state index in [0.717, 1.165) is 22.0 Å². The van der Waals surface area contributed by atoms with Crippen molar-refractivity contribution < 1.29 is 9.13 Å². The topological polar surface area (TPSA) is 34.5 Å². The highest BCUT2D eigenvalue weighted by Crippen LogP contribution is 2.41. The minimum absolute atomic E-state index is 0.0295. The minimum atomic E-state index is -0.653. The van der Waals surface area contributed by atoms with Crippen LogP contribution < -0.4 is 0 Å². The standard InChI is InChI=1S/C19H22BrFN2O/c1-5-18(24-4)23-19(3,15-10-16(20)12-22-11-15)13(2)14-7-6-8-17(21)9-14/h5,8-13H,1,6-7H2,2-4H3. The van der Waals surface area contributed by atoms with Crippen LogP contribution in [0, 0.1) is 5.92 Å². The lowest BCUT2D eigenvalue weighted by molar-refractivity contribution is 0.336. The Morgan fingerprint density at radius 3 is 2.88 bits per heavy atom. The van der Waals surface area contributed by atoms with Gasteiger partial charge in [-0.2, -0.15) is 0 Å². The Balaban J connectivity index is 2.56. The monoisotopic (exact) mass is 392 g/mol. The molecule has 5 heteroatoms. The quantitative estimate of drug-likeness (QED) is 0.489. The molecule has 2 atom stereocenters. The van der Waals surface area contributed by atoms with Crippen LogP contribution in [0.2, 0.25) is 0 Å². The maximum Gasteiger partial charge on any atom is 0.208 e. The maximum atomic E-state index is 13.7. The first-order valence-corrected chi connectivity index (χ1v) is 8.63. The Kier molecular flexibility index (Phi) is 6.10. The predicted octanol–water partition coefficient (Wildman–Crippen LogP) is 5.50. The van der Waals surface area contributed by atoms with Gasteiger partial charge in [0.1, 0.15) is 5.83 Å². The normalized spacial score (nSPS) is 19.0. The average molecular weight is 393 g/mol. The van der Waals surface area contributed by atoms with E-state index in [4.69, 9.17) is 9.73 Å². The van der Waals surface area contributed by atoms with E-state index in [1.807, 2.05) is 13.0 Å². The van der Waals surface area contributed by atoms with E-state index in [2.05, 4.69) is 34.4 Å². The third-order valence-electron chi connectivity index (χ3n) is 4.51. The SMILES string of the molecule is C=CC(=NC(C)(c1cncc(Br)c1)C(C)C1=CC(F)=CCC1)OC. The van der Waals surface area contributed by atoms with Crippen molar-refractivity contribution in [2.75, 3.05) is 7.11 Å². The van der Waals surface area contributed by atoms with Crippen LogP contribution in [0.25, 0.3) is 0 Å². The minimum Gasteiger partial charge on any atom is -0.481 e. The number of nitrogens with zero attached hydrogens (tertiary/aromatic N) is 2. The summed E-state index contributed by atoms with van der Waals surface area (Å²) in [4.78, 5) is 9.05. The number of ether oxygens (including phenoxy) is 1. The van der Waals surface area contributed by atoms with Gasteiger partial charge in [-0.05, 0) is 65.6 Å². The summed E-state index contributed by atoms with van der Waals surface area (Å²) in [6.07, 6.45) is 9.85. The van der Waals surface area contributed by atoms with E-state index >= 15 is 0 Å². The summed E-state index contributed by atoms with van der Waals surface area (Å²) in [5, 5.41) is 0. The first kappa shape index (κ1) is 18.6. The van der Waals surface area contributed by atoms with Gasteiger partial charge >= 0.3 is 0 Å². The van der Waals surface area contributed by atoms with Gasteiger partial charge in [-0.1, -0.05) is 19.1 Å². The fourth-order valence-electron chi connectivity index (χ4n) is 2.89. The molecule has 0 saturated carbocycles. The van der Waals surface area contributed by atoms with E-state index in [9.17, 15) is 4.39 Å². The molecule has 1 aromatic heterocycles. The molecule has 0 aliphatic heterocycles. The Morgan fingerprint density at radius 2 is 2.29 bits per heavy atom. The molecule has 0 spiro atoms. The Bertz CT molecular complexity index is 711. The van der Waals surface area contributed by atoms with E-state index in [-0.39, 0.29) is 11.7 Å². The van der Waals surface area contributed by atoms with Crippen molar-refractivity contribution in [3.8, 4) is 0 Å². The average Bonchev–Trinajstić information content (AvgIpc) is 2.58. The fourth-order valence-corrected chi connectivity index (χ4v) is 3.26. The highest BCUT2D eigenvalue weighted by atomic mass is 79.9. The second kappa shape index (κ2) is 7.88. The van der Waals surface area contributed by atoms with Gasteiger partial charge in [0.15, 0.2) is 0 Å². The third-order valence-corrected chi connectivity index (χ3v) is 4.94. The summed E-state index contributed by atoms with van der Waals surface area (Å²) in [6, 6.07) is 1.99. The molecule has 0 saturated heterocycles. The summed E-state index contributed by atoms with van der Waals surface area (Å²) in [5.41, 5.74) is 1.30. The molecule has 0 fully saturated rings. The molecule has 2 rings (SSSR count). The number of pyridine rings is 1. The molecule has 0 radical (unpaired) electrons. The molecule has 0 amide bonds. The van der Waals surface area contributed by atoms with Crippen molar-refractivity contribution >= 4 is 21.8 Å². The third kappa shape index (κ3) is 4.01. The molecule has 1 aromatic rings. The number of hydrogen-bond donors (Lipinski definition) is 0. The highest BCUT2D eigenvalue weighted by molar-refractivity contribution is 9.10. The molecule has 1 aliphatic carbocycles. The molecule has 0 aromatic carbocycles. The predicted molar refractivity (Wildman–Crippen MR) is 99.6 cm³/mol. The van der Waals surface area contributed by atoms with Crippen LogP contribution in [0.4, 0.5) is 4.39 Å². The van der Waals surface area contributed by atoms with Crippen molar-refractivity contribution in [1.82, 2.24) is 4.98 Å². The smallest absolute Gasteiger partial charge is 0.208 e. The van der Waals surface area contributed by atoms with Gasteiger partial charge in [0.05, 0.1) is 12.6 Å². The second-order valence-electron chi connectivity index (χ2n) is 5.97. The van der Waals surface area contributed by atoms with Crippen LogP contribution in [0.1, 0.15) is 32.3 Å². The number of methoxy groups -OCH3 is 1. The van der Waals surface area contributed by atoms with E-state index < -0.39 is 5.54 Å². The van der Waals surface area contributed by atoms with Crippen LogP contribution in [0.15, 0.2) is 64.1 Å². The van der Waals surface area contributed by atoms with Gasteiger partial charge in [0.2, 0.25) is 5.90 Å². The van der Waals surface area contributed by atoms with Crippen molar-refractivity contribution in [2.24, 2.45) is 10.9 Å². The molecule has 0 N–H and O–H groups in total. The van der Waals surface area contributed by atoms with Crippen LogP contribution in [-0.2, 0) is 10.3 Å². The van der Waals surface area contributed by atoms with Gasteiger partial charge in [-0.3, -0.25) is 4.98 Å². The van der Waals surface area contributed by atoms with Gasteiger partial charge in [-0.15, -0.1) is 0 Å². The fraction of sp³-hybridized carbons (Fsp3) is 0.368. The summed E-state index contributed by atoms with van der Waals surface area (Å²) < 4.78 is 19.9. The number of rotatable bonds is 5. The lowest BCUT2D eigenvalue weighted by Gasteiger charge is -2.35. The molecular formula is C19H22BrFN2O. The van der Waals surface area contributed by atoms with Gasteiger partial charge < -0.3 is 4.74 Å². The molecule has 1 aliphatic rings. The van der Waals surface area contributed by atoms with Crippen molar-refractivity contribution in [2.45, 2.75) is 32.2 Å². The van der Waals surface area contributed by atoms with Crippen molar-refractivity contribution in [1.29, 1.82) is 0 Å². The Labute approximate surface area is 151 Å². The number of hydrogen-bond acceptors (Lipinski definition) is 3. The molecule has 0 bridgehead atoms. The molecule has 1 heterocycles. The molecule has 24 heavy (non-hydrogen) atoms. The number of aliphatic imine (C=N–C) groups is 1. The summed E-state index contributed by atoms with van der Waals surface area (Å²) in [6.45, 7) is 7.82. The second-order valence-corrected chi connectivity index (χ2v) is 6.88. The van der Waals surface area contributed by atoms with Gasteiger partial charge in [0, 0.05) is 22.8 Å². The maximum absolute atomic E-state index is 13.7. The number of halogens is 2. The van der Waals surface area contributed by atoms with E-state index in [0.29, 0.717) is 12.3 Å². The van der Waals surface area contributed by atoms with Crippen LogP contribution in [0.5, 0.6) is 0 Å². The van der Waals surface area contributed by atoms with E-state index in [1.54, 1.807) is 37.7 Å². The largest absolute Gasteiger partial charge is 0.481 e. The lowest BCUT2D eigenvalue weighted by Crippen LogP contribution is -2.31. The first-order valence-electron chi connectivity index (χ1n) is 7.84. The van der Waals surface area contributed by atoms with Crippen molar-refractivity contribution in [3.05, 3.63) is 64.7 Å². The van der Waals surface area contributed by atoms with Gasteiger partial charge in [-0.25, -0.2) is 9.38 Å². The number of allylic oxidation sites excluding steroid dienone is 3. The summed E-state index contributed by atoms with van der Waals surface area (Å²) in [7, 11) is 1.56. The van der Waals surface area contributed by atoms with Crippen LogP contribution in [0.3, 0.4) is 0 Å². The van der Waals surface area contributed by atoms with Gasteiger partial charge in [0.25, 0.3) is 0 Å². The highest BCUT2D eigenvalue weighted by Gasteiger charge is 2.36. The van der Waals surface area contributed by atoms with Crippen LogP contribution in [-0.4, -0.2) is 18.0 Å². The molecule has 128 valence electrons.